The molecule has 2 amide bonds. The fraction of sp³-hybridized carbons (Fsp3) is 0.273. The Bertz CT molecular complexity index is 367. The maximum Gasteiger partial charge on any atom is 0.407 e. The number of carbonyl (C=O) groups is 2. The zero-order valence-electron chi connectivity index (χ0n) is 9.43. The molecule has 0 aliphatic rings. The Morgan fingerprint density at radius 1 is 1.24 bits per heavy atom. The predicted octanol–water partition coefficient (Wildman–Crippen LogP) is 0.590. The maximum atomic E-state index is 11.2. The van der Waals surface area contributed by atoms with Gasteiger partial charge in [0, 0.05) is 0 Å². The largest absolute Gasteiger partial charge is 0.445 e. The molecule has 0 spiro atoms. The molecule has 0 atom stereocenters. The number of hydroxylamine groups is 1. The van der Waals surface area contributed by atoms with Crippen LogP contribution < -0.4 is 10.8 Å². The van der Waals surface area contributed by atoms with Crippen molar-refractivity contribution in [3.05, 3.63) is 35.9 Å². The lowest BCUT2D eigenvalue weighted by Gasteiger charge is -2.06. The molecule has 6 nitrogen and oxygen atoms in total. The standard InChI is InChI=1S/C11H14N2O4/c1-16-13-10(14)7-12-11(15)17-8-9-5-3-2-4-6-9/h2-6H,7-8H2,1H3,(H,12,15)(H,13,14). The van der Waals surface area contributed by atoms with Crippen molar-refractivity contribution in [3.8, 4) is 0 Å². The van der Waals surface area contributed by atoms with Crippen LogP contribution >= 0.6 is 0 Å². The van der Waals surface area contributed by atoms with Gasteiger partial charge in [0.2, 0.25) is 0 Å². The molecular weight excluding hydrogens is 224 g/mol. The summed E-state index contributed by atoms with van der Waals surface area (Å²) in [5.74, 6) is -0.454. The third kappa shape index (κ3) is 5.53. The Kier molecular flexibility index (Phi) is 5.53. The second-order valence-corrected chi connectivity index (χ2v) is 3.14. The maximum absolute atomic E-state index is 11.2. The molecule has 1 aromatic rings. The van der Waals surface area contributed by atoms with E-state index < -0.39 is 12.0 Å². The average molecular weight is 238 g/mol. The second-order valence-electron chi connectivity index (χ2n) is 3.14. The van der Waals surface area contributed by atoms with Crippen molar-refractivity contribution in [1.29, 1.82) is 0 Å². The van der Waals surface area contributed by atoms with Gasteiger partial charge in [0.1, 0.15) is 13.2 Å². The lowest BCUT2D eigenvalue weighted by molar-refractivity contribution is -0.130. The molecule has 1 aromatic carbocycles. The van der Waals surface area contributed by atoms with Gasteiger partial charge < -0.3 is 10.1 Å². The Morgan fingerprint density at radius 3 is 2.59 bits per heavy atom. The molecule has 0 aliphatic carbocycles. The van der Waals surface area contributed by atoms with E-state index in [1.807, 2.05) is 30.3 Å². The van der Waals surface area contributed by atoms with Crippen molar-refractivity contribution < 1.29 is 19.2 Å². The van der Waals surface area contributed by atoms with Gasteiger partial charge >= 0.3 is 6.09 Å². The van der Waals surface area contributed by atoms with Crippen LogP contribution in [0.4, 0.5) is 4.79 Å². The van der Waals surface area contributed by atoms with E-state index >= 15 is 0 Å². The zero-order chi connectivity index (χ0) is 12.5. The summed E-state index contributed by atoms with van der Waals surface area (Å²) in [6.45, 7) is -0.0277. The highest BCUT2D eigenvalue weighted by atomic mass is 16.6. The monoisotopic (exact) mass is 238 g/mol. The lowest BCUT2D eigenvalue weighted by Crippen LogP contribution is -2.36. The molecule has 0 heterocycles. The first-order chi connectivity index (χ1) is 8.22. The number of nitrogens with one attached hydrogen (secondary N) is 2. The highest BCUT2D eigenvalue weighted by Crippen LogP contribution is 2.00. The van der Waals surface area contributed by atoms with Crippen LogP contribution in [-0.2, 0) is 21.0 Å². The summed E-state index contributed by atoms with van der Waals surface area (Å²) in [4.78, 5) is 26.5. The summed E-state index contributed by atoms with van der Waals surface area (Å²) >= 11 is 0. The molecule has 0 radical (unpaired) electrons. The SMILES string of the molecule is CONC(=O)CNC(=O)OCc1ccccc1. The van der Waals surface area contributed by atoms with Crippen LogP contribution in [0, 0.1) is 0 Å². The summed E-state index contributed by atoms with van der Waals surface area (Å²) in [5.41, 5.74) is 2.94. The number of rotatable bonds is 5. The van der Waals surface area contributed by atoms with Gasteiger partial charge in [-0.3, -0.25) is 9.63 Å². The van der Waals surface area contributed by atoms with Gasteiger partial charge in [0.25, 0.3) is 5.91 Å². The molecule has 0 fully saturated rings. The number of ether oxygens (including phenoxy) is 1. The molecule has 6 heteroatoms. The minimum atomic E-state index is -0.653. The van der Waals surface area contributed by atoms with Crippen LogP contribution in [0.3, 0.4) is 0 Å². The van der Waals surface area contributed by atoms with Gasteiger partial charge in [-0.2, -0.15) is 0 Å². The first kappa shape index (κ1) is 13.0. The molecule has 0 saturated heterocycles. The normalized spacial score (nSPS) is 9.47. The van der Waals surface area contributed by atoms with Gasteiger partial charge in [-0.15, -0.1) is 0 Å². The quantitative estimate of drug-likeness (QED) is 0.736. The Hall–Kier alpha value is -2.08. The number of hydrogen-bond acceptors (Lipinski definition) is 4. The van der Waals surface area contributed by atoms with E-state index in [1.165, 1.54) is 7.11 Å². The highest BCUT2D eigenvalue weighted by Gasteiger charge is 2.05. The minimum absolute atomic E-state index is 0.165. The van der Waals surface area contributed by atoms with Gasteiger partial charge in [-0.1, -0.05) is 30.3 Å². The lowest BCUT2D eigenvalue weighted by atomic mass is 10.2. The number of hydrogen-bond donors (Lipinski definition) is 2. The van der Waals surface area contributed by atoms with Crippen LogP contribution in [0.15, 0.2) is 30.3 Å². The Morgan fingerprint density at radius 2 is 1.94 bits per heavy atom. The summed E-state index contributed by atoms with van der Waals surface area (Å²) in [7, 11) is 1.31. The van der Waals surface area contributed by atoms with Gasteiger partial charge in [0.05, 0.1) is 7.11 Å². The smallest absolute Gasteiger partial charge is 0.407 e. The molecule has 0 saturated carbocycles. The van der Waals surface area contributed by atoms with Gasteiger partial charge in [-0.05, 0) is 5.56 Å². The molecule has 1 rings (SSSR count). The topological polar surface area (TPSA) is 76.7 Å². The summed E-state index contributed by atoms with van der Waals surface area (Å²) in [6.07, 6.45) is -0.653. The third-order valence-electron chi connectivity index (χ3n) is 1.82. The van der Waals surface area contributed by atoms with E-state index in [0.717, 1.165) is 5.56 Å². The van der Waals surface area contributed by atoms with Crippen LogP contribution in [0.2, 0.25) is 0 Å². The van der Waals surface area contributed by atoms with Crippen LogP contribution in [0.1, 0.15) is 5.56 Å². The van der Waals surface area contributed by atoms with Gasteiger partial charge in [0.15, 0.2) is 0 Å². The second kappa shape index (κ2) is 7.24. The Balaban J connectivity index is 2.20. The fourth-order valence-electron chi connectivity index (χ4n) is 1.08. The molecule has 92 valence electrons. The molecular formula is C11H14N2O4. The third-order valence-corrected chi connectivity index (χ3v) is 1.82. The predicted molar refractivity (Wildman–Crippen MR) is 59.8 cm³/mol. The van der Waals surface area contributed by atoms with E-state index in [0.29, 0.717) is 0 Å². The molecule has 0 bridgehead atoms. The minimum Gasteiger partial charge on any atom is -0.445 e. The first-order valence-electron chi connectivity index (χ1n) is 4.98. The summed E-state index contributed by atoms with van der Waals surface area (Å²) < 4.78 is 4.89. The van der Waals surface area contributed by atoms with Crippen molar-refractivity contribution in [2.75, 3.05) is 13.7 Å². The fourth-order valence-corrected chi connectivity index (χ4v) is 1.08. The van der Waals surface area contributed by atoms with Crippen molar-refractivity contribution in [2.24, 2.45) is 0 Å². The molecule has 0 aliphatic heterocycles. The molecule has 17 heavy (non-hydrogen) atoms. The van der Waals surface area contributed by atoms with Crippen molar-refractivity contribution in [3.63, 3.8) is 0 Å². The van der Waals surface area contributed by atoms with E-state index in [1.54, 1.807) is 0 Å². The highest BCUT2D eigenvalue weighted by molar-refractivity contribution is 5.81. The van der Waals surface area contributed by atoms with Crippen molar-refractivity contribution in [2.45, 2.75) is 6.61 Å². The van der Waals surface area contributed by atoms with Gasteiger partial charge in [-0.25, -0.2) is 10.3 Å². The van der Waals surface area contributed by atoms with Crippen molar-refractivity contribution >= 4 is 12.0 Å². The molecule has 0 aromatic heterocycles. The van der Waals surface area contributed by atoms with E-state index in [-0.39, 0.29) is 13.2 Å². The number of amides is 2. The first-order valence-corrected chi connectivity index (χ1v) is 4.98. The average Bonchev–Trinajstić information content (AvgIpc) is 2.35. The number of carbonyl (C=O) groups excluding carboxylic acids is 2. The zero-order valence-corrected chi connectivity index (χ0v) is 9.43. The number of alkyl carbamates (subject to hydrolysis) is 1. The van der Waals surface area contributed by atoms with E-state index in [4.69, 9.17) is 4.74 Å². The van der Waals surface area contributed by atoms with E-state index in [9.17, 15) is 9.59 Å². The van der Waals surface area contributed by atoms with Crippen molar-refractivity contribution in [1.82, 2.24) is 10.8 Å². The number of benzene rings is 1. The van der Waals surface area contributed by atoms with E-state index in [2.05, 4.69) is 15.6 Å². The molecule has 2 N–H and O–H groups in total. The summed E-state index contributed by atoms with van der Waals surface area (Å²) in [6, 6.07) is 9.25. The van der Waals surface area contributed by atoms with Crippen LogP contribution in [0.5, 0.6) is 0 Å². The molecule has 0 unspecified atom stereocenters. The summed E-state index contributed by atoms with van der Waals surface area (Å²) in [5, 5.41) is 2.28. The Labute approximate surface area is 98.9 Å². The van der Waals surface area contributed by atoms with Crippen LogP contribution in [0.25, 0.3) is 0 Å². The van der Waals surface area contributed by atoms with Crippen LogP contribution in [-0.4, -0.2) is 25.7 Å².